The molecular formula is C19H23N5O3. The first-order valence-electron chi connectivity index (χ1n) is 8.91. The van der Waals surface area contributed by atoms with Crippen LogP contribution in [0.4, 0.5) is 11.6 Å². The summed E-state index contributed by atoms with van der Waals surface area (Å²) in [4.78, 5) is 36.5. The van der Waals surface area contributed by atoms with Crippen molar-refractivity contribution in [3.05, 3.63) is 47.8 Å². The normalized spacial score (nSPS) is 14.0. The van der Waals surface area contributed by atoms with Crippen LogP contribution >= 0.6 is 0 Å². The van der Waals surface area contributed by atoms with Crippen LogP contribution in [0.1, 0.15) is 27.6 Å². The van der Waals surface area contributed by atoms with Gasteiger partial charge in [0.15, 0.2) is 0 Å². The van der Waals surface area contributed by atoms with Gasteiger partial charge >= 0.3 is 5.97 Å². The molecule has 1 aliphatic rings. The number of carbonyl (C=O) groups is 2. The molecule has 1 fully saturated rings. The van der Waals surface area contributed by atoms with Gasteiger partial charge in [-0.05, 0) is 31.2 Å². The van der Waals surface area contributed by atoms with Gasteiger partial charge in [0.1, 0.15) is 0 Å². The van der Waals surface area contributed by atoms with Gasteiger partial charge in [-0.3, -0.25) is 4.79 Å². The smallest absolute Gasteiger partial charge is 0.337 e. The number of ether oxygens (including phenoxy) is 1. The van der Waals surface area contributed by atoms with Crippen molar-refractivity contribution in [2.75, 3.05) is 50.1 Å². The Balaban J connectivity index is 1.58. The molecule has 0 atom stereocenters. The third-order valence-corrected chi connectivity index (χ3v) is 4.45. The van der Waals surface area contributed by atoms with Crippen LogP contribution in [-0.4, -0.2) is 66.6 Å². The molecule has 1 N–H and O–H groups in total. The van der Waals surface area contributed by atoms with E-state index in [1.165, 1.54) is 7.11 Å². The fourth-order valence-corrected chi connectivity index (χ4v) is 2.96. The first-order chi connectivity index (χ1) is 13.1. The topological polar surface area (TPSA) is 87.7 Å². The highest BCUT2D eigenvalue weighted by Gasteiger charge is 2.23. The number of aromatic nitrogens is 2. The molecule has 0 aliphatic carbocycles. The van der Waals surface area contributed by atoms with E-state index in [4.69, 9.17) is 4.74 Å². The molecule has 8 nitrogen and oxygen atoms in total. The molecule has 1 saturated heterocycles. The molecule has 0 unspecified atom stereocenters. The maximum Gasteiger partial charge on any atom is 0.337 e. The lowest BCUT2D eigenvalue weighted by molar-refractivity contribution is 0.0600. The lowest BCUT2D eigenvalue weighted by Gasteiger charge is -2.36. The zero-order chi connectivity index (χ0) is 19.2. The number of methoxy groups -OCH3 is 1. The number of nitrogens with one attached hydrogen (secondary N) is 1. The molecule has 2 heterocycles. The highest BCUT2D eigenvalue weighted by molar-refractivity contribution is 5.94. The number of rotatable bonds is 5. The third kappa shape index (κ3) is 4.33. The van der Waals surface area contributed by atoms with E-state index >= 15 is 0 Å². The summed E-state index contributed by atoms with van der Waals surface area (Å²) in [7, 11) is 1.37. The Kier molecular flexibility index (Phi) is 5.85. The van der Waals surface area contributed by atoms with Crippen LogP contribution in [0.25, 0.3) is 0 Å². The van der Waals surface area contributed by atoms with Gasteiger partial charge in [0.2, 0.25) is 5.95 Å². The second-order valence-corrected chi connectivity index (χ2v) is 6.14. The summed E-state index contributed by atoms with van der Waals surface area (Å²) in [6.07, 6.45) is 3.12. The summed E-state index contributed by atoms with van der Waals surface area (Å²) < 4.78 is 4.71. The highest BCUT2D eigenvalue weighted by Crippen LogP contribution is 2.18. The van der Waals surface area contributed by atoms with Gasteiger partial charge in [0.05, 0.1) is 18.2 Å². The number of piperazine rings is 1. The lowest BCUT2D eigenvalue weighted by atomic mass is 10.1. The molecule has 1 amide bonds. The van der Waals surface area contributed by atoms with Gasteiger partial charge in [-0.1, -0.05) is 0 Å². The number of carbonyl (C=O) groups excluding carboxylic acids is 2. The maximum absolute atomic E-state index is 12.6. The standard InChI is InChI=1S/C19H23N5O3/c1-3-20-19-21-12-15(13-22-19)17(25)24-10-8-23(9-11-24)16-6-4-14(5-7-16)18(26)27-2/h4-7,12-13H,3,8-11H2,1-2H3,(H,20,21,22). The molecule has 1 aromatic heterocycles. The molecule has 1 aromatic carbocycles. The second kappa shape index (κ2) is 8.48. The number of anilines is 2. The third-order valence-electron chi connectivity index (χ3n) is 4.45. The molecule has 3 rings (SSSR count). The molecule has 0 saturated carbocycles. The minimum Gasteiger partial charge on any atom is -0.465 e. The summed E-state index contributed by atoms with van der Waals surface area (Å²) in [6.45, 7) is 5.37. The number of amides is 1. The van der Waals surface area contributed by atoms with Crippen molar-refractivity contribution >= 4 is 23.5 Å². The quantitative estimate of drug-likeness (QED) is 0.802. The zero-order valence-corrected chi connectivity index (χ0v) is 15.5. The predicted octanol–water partition coefficient (Wildman–Crippen LogP) is 1.66. The Morgan fingerprint density at radius 3 is 2.22 bits per heavy atom. The van der Waals surface area contributed by atoms with Crippen molar-refractivity contribution in [1.29, 1.82) is 0 Å². The van der Waals surface area contributed by atoms with Crippen molar-refractivity contribution < 1.29 is 14.3 Å². The summed E-state index contributed by atoms with van der Waals surface area (Å²) in [6, 6.07) is 7.30. The van der Waals surface area contributed by atoms with Crippen LogP contribution in [-0.2, 0) is 4.74 Å². The van der Waals surface area contributed by atoms with Gasteiger partial charge in [0.25, 0.3) is 5.91 Å². The first-order valence-corrected chi connectivity index (χ1v) is 8.91. The van der Waals surface area contributed by atoms with Crippen LogP contribution in [0, 0.1) is 0 Å². The maximum atomic E-state index is 12.6. The molecule has 2 aromatic rings. The Morgan fingerprint density at radius 2 is 1.67 bits per heavy atom. The van der Waals surface area contributed by atoms with Gasteiger partial charge in [-0.25, -0.2) is 14.8 Å². The Hall–Kier alpha value is -3.16. The van der Waals surface area contributed by atoms with Gasteiger partial charge in [-0.15, -0.1) is 0 Å². The number of benzene rings is 1. The molecule has 0 radical (unpaired) electrons. The summed E-state index contributed by atoms with van der Waals surface area (Å²) in [5, 5.41) is 3.01. The minimum absolute atomic E-state index is 0.0567. The summed E-state index contributed by atoms with van der Waals surface area (Å²) >= 11 is 0. The van der Waals surface area contributed by atoms with Gasteiger partial charge < -0.3 is 19.9 Å². The van der Waals surface area contributed by atoms with Crippen LogP contribution in [0.15, 0.2) is 36.7 Å². The molecule has 0 spiro atoms. The van der Waals surface area contributed by atoms with E-state index in [2.05, 4.69) is 20.2 Å². The van der Waals surface area contributed by atoms with Crippen molar-refractivity contribution in [3.8, 4) is 0 Å². The average Bonchev–Trinajstić information content (AvgIpc) is 2.74. The molecule has 1 aliphatic heterocycles. The van der Waals surface area contributed by atoms with E-state index in [1.54, 1.807) is 24.5 Å². The SMILES string of the molecule is CCNc1ncc(C(=O)N2CCN(c3ccc(C(=O)OC)cc3)CC2)cn1. The van der Waals surface area contributed by atoms with Crippen molar-refractivity contribution in [2.45, 2.75) is 6.92 Å². The number of hydrogen-bond donors (Lipinski definition) is 1. The monoisotopic (exact) mass is 369 g/mol. The van der Waals surface area contributed by atoms with E-state index < -0.39 is 0 Å². The first kappa shape index (κ1) is 18.6. The van der Waals surface area contributed by atoms with E-state index in [9.17, 15) is 9.59 Å². The highest BCUT2D eigenvalue weighted by atomic mass is 16.5. The van der Waals surface area contributed by atoms with Crippen molar-refractivity contribution in [3.63, 3.8) is 0 Å². The number of nitrogens with zero attached hydrogens (tertiary/aromatic N) is 4. The van der Waals surface area contributed by atoms with Gasteiger partial charge in [-0.2, -0.15) is 0 Å². The Labute approximate surface area is 158 Å². The fraction of sp³-hybridized carbons (Fsp3) is 0.368. The van der Waals surface area contributed by atoms with Crippen LogP contribution < -0.4 is 10.2 Å². The van der Waals surface area contributed by atoms with E-state index in [-0.39, 0.29) is 11.9 Å². The largest absolute Gasteiger partial charge is 0.465 e. The van der Waals surface area contributed by atoms with E-state index in [1.807, 2.05) is 24.0 Å². The summed E-state index contributed by atoms with van der Waals surface area (Å²) in [5.41, 5.74) is 2.04. The van der Waals surface area contributed by atoms with Crippen LogP contribution in [0.2, 0.25) is 0 Å². The van der Waals surface area contributed by atoms with E-state index in [0.29, 0.717) is 30.2 Å². The van der Waals surface area contributed by atoms with Crippen molar-refractivity contribution in [1.82, 2.24) is 14.9 Å². The number of hydrogen-bond acceptors (Lipinski definition) is 7. The lowest BCUT2D eigenvalue weighted by Crippen LogP contribution is -2.48. The fourth-order valence-electron chi connectivity index (χ4n) is 2.96. The van der Waals surface area contributed by atoms with Crippen molar-refractivity contribution in [2.24, 2.45) is 0 Å². The average molecular weight is 369 g/mol. The molecule has 8 heteroatoms. The Morgan fingerprint density at radius 1 is 1.04 bits per heavy atom. The molecule has 142 valence electrons. The predicted molar refractivity (Wildman–Crippen MR) is 102 cm³/mol. The second-order valence-electron chi connectivity index (χ2n) is 6.14. The Bertz CT molecular complexity index is 784. The zero-order valence-electron chi connectivity index (χ0n) is 15.5. The number of esters is 1. The molecular weight excluding hydrogens is 346 g/mol. The van der Waals surface area contributed by atoms with Gasteiger partial charge in [0, 0.05) is 50.8 Å². The molecule has 27 heavy (non-hydrogen) atoms. The summed E-state index contributed by atoms with van der Waals surface area (Å²) in [5.74, 6) is 0.118. The minimum atomic E-state index is -0.348. The van der Waals surface area contributed by atoms with Crippen LogP contribution in [0.3, 0.4) is 0 Å². The molecule has 0 bridgehead atoms. The van der Waals surface area contributed by atoms with E-state index in [0.717, 1.165) is 25.3 Å². The van der Waals surface area contributed by atoms with Crippen LogP contribution in [0.5, 0.6) is 0 Å².